The predicted octanol–water partition coefficient (Wildman–Crippen LogP) is 5.20. The number of carbonyl (C=O) groups is 3. The van der Waals surface area contributed by atoms with Crippen LogP contribution in [0.4, 0.5) is 9.18 Å². The molecule has 0 aliphatic carbocycles. The van der Waals surface area contributed by atoms with Crippen LogP contribution in [0.25, 0.3) is 22.2 Å². The third-order valence-electron chi connectivity index (χ3n) is 8.44. The van der Waals surface area contributed by atoms with Gasteiger partial charge in [0.15, 0.2) is 0 Å². The molecule has 1 aromatic heterocycles. The minimum absolute atomic E-state index is 0.0319. The van der Waals surface area contributed by atoms with Crippen molar-refractivity contribution in [2.45, 2.75) is 57.7 Å². The summed E-state index contributed by atoms with van der Waals surface area (Å²) in [6.07, 6.45) is 2.19. The molecule has 1 fully saturated rings. The Balaban J connectivity index is 1.40. The molecule has 4 amide bonds. The molecule has 3 N–H and O–H groups in total. The Morgan fingerprint density at radius 1 is 1.07 bits per heavy atom. The Morgan fingerprint density at radius 2 is 1.84 bits per heavy atom. The molecule has 0 saturated carbocycles. The Bertz CT molecular complexity index is 1620. The molecule has 9 nitrogen and oxygen atoms in total. The smallest absolute Gasteiger partial charge is 0.324 e. The second-order valence-electron chi connectivity index (χ2n) is 11.2. The number of imidazole rings is 1. The van der Waals surface area contributed by atoms with Gasteiger partial charge in [0.25, 0.3) is 0 Å². The molecule has 0 bridgehead atoms. The molecule has 0 spiro atoms. The van der Waals surface area contributed by atoms with Crippen molar-refractivity contribution in [3.63, 3.8) is 0 Å². The monoisotopic (exact) mass is 598 g/mol. The number of carbonyl (C=O) groups excluding carboxylic acids is 3. The number of aromatic nitrogens is 2. The number of likely N-dealkylation sites (N-methyl/N-ethyl adjacent to an activating group) is 2. The molecule has 1 aliphatic heterocycles. The number of nitrogens with zero attached hydrogens (tertiary/aromatic N) is 3. The molecule has 3 unspecified atom stereocenters. The number of amides is 4. The number of aromatic amines is 1. The summed E-state index contributed by atoms with van der Waals surface area (Å²) in [6.45, 7) is 4.67. The minimum atomic E-state index is -0.551. The van der Waals surface area contributed by atoms with Crippen LogP contribution in [-0.4, -0.2) is 69.8 Å². The van der Waals surface area contributed by atoms with Gasteiger partial charge in [0.1, 0.15) is 11.6 Å². The second-order valence-corrected chi connectivity index (χ2v) is 11.2. The first-order valence-corrected chi connectivity index (χ1v) is 15.2. The van der Waals surface area contributed by atoms with E-state index >= 15 is 0 Å². The van der Waals surface area contributed by atoms with Crippen LogP contribution in [0, 0.1) is 5.82 Å². The summed E-state index contributed by atoms with van der Waals surface area (Å²) in [5, 5.41) is 5.42. The minimum Gasteiger partial charge on any atom is -0.343 e. The number of likely N-dealkylation sites (tertiary alicyclic amines) is 1. The molecule has 230 valence electrons. The van der Waals surface area contributed by atoms with Gasteiger partial charge in [-0.2, -0.15) is 0 Å². The molecule has 4 aromatic rings. The molecule has 5 rings (SSSR count). The summed E-state index contributed by atoms with van der Waals surface area (Å²) in [5.74, 6) is -0.124. The van der Waals surface area contributed by atoms with Crippen molar-refractivity contribution in [3.05, 3.63) is 90.0 Å². The summed E-state index contributed by atoms with van der Waals surface area (Å²) >= 11 is 0. The molecule has 1 saturated heterocycles. The van der Waals surface area contributed by atoms with Crippen LogP contribution >= 0.6 is 0 Å². The Kier molecular flexibility index (Phi) is 9.69. The van der Waals surface area contributed by atoms with Crippen molar-refractivity contribution < 1.29 is 18.8 Å². The first-order chi connectivity index (χ1) is 21.3. The van der Waals surface area contributed by atoms with Crippen LogP contribution in [-0.2, 0) is 16.0 Å². The van der Waals surface area contributed by atoms with Gasteiger partial charge in [-0.1, -0.05) is 54.6 Å². The number of nitrogens with one attached hydrogen (secondary N) is 3. The van der Waals surface area contributed by atoms with E-state index in [9.17, 15) is 18.8 Å². The largest absolute Gasteiger partial charge is 0.343 e. The molecule has 2 heterocycles. The maximum Gasteiger partial charge on any atom is 0.324 e. The fourth-order valence-corrected chi connectivity index (χ4v) is 5.90. The fourth-order valence-electron chi connectivity index (χ4n) is 5.90. The summed E-state index contributed by atoms with van der Waals surface area (Å²) in [7, 11) is 1.66. The van der Waals surface area contributed by atoms with E-state index in [1.807, 2.05) is 66.4 Å². The van der Waals surface area contributed by atoms with Crippen molar-refractivity contribution in [1.29, 1.82) is 0 Å². The zero-order chi connectivity index (χ0) is 31.2. The highest BCUT2D eigenvalue weighted by Crippen LogP contribution is 2.38. The van der Waals surface area contributed by atoms with Crippen LogP contribution in [0.3, 0.4) is 0 Å². The molecule has 1 aliphatic rings. The van der Waals surface area contributed by atoms with Crippen LogP contribution in [0.15, 0.2) is 72.8 Å². The summed E-state index contributed by atoms with van der Waals surface area (Å²) in [5.41, 5.74) is 3.90. The summed E-state index contributed by atoms with van der Waals surface area (Å²) < 4.78 is 14.1. The number of hydrogen-bond donors (Lipinski definition) is 3. The number of rotatable bonds is 10. The van der Waals surface area contributed by atoms with Gasteiger partial charge >= 0.3 is 6.03 Å². The average Bonchev–Trinajstić information content (AvgIpc) is 3.66. The topological polar surface area (TPSA) is 110 Å². The Labute approximate surface area is 256 Å². The van der Waals surface area contributed by atoms with E-state index in [1.165, 1.54) is 12.1 Å². The Hall–Kier alpha value is -4.57. The molecular formula is C34H39FN6O3. The lowest BCUT2D eigenvalue weighted by Gasteiger charge is -2.31. The fraction of sp³-hybridized carbons (Fsp3) is 0.353. The highest BCUT2D eigenvalue weighted by atomic mass is 19.1. The summed E-state index contributed by atoms with van der Waals surface area (Å²) in [4.78, 5) is 51.4. The first-order valence-electron chi connectivity index (χ1n) is 15.2. The maximum absolute atomic E-state index is 14.1. The number of para-hydroxylation sites is 1. The number of imide groups is 1. The van der Waals surface area contributed by atoms with E-state index in [4.69, 9.17) is 4.98 Å². The Morgan fingerprint density at radius 3 is 2.57 bits per heavy atom. The van der Waals surface area contributed by atoms with Crippen molar-refractivity contribution in [1.82, 2.24) is 30.4 Å². The van der Waals surface area contributed by atoms with E-state index in [2.05, 4.69) is 15.6 Å². The van der Waals surface area contributed by atoms with E-state index in [1.54, 1.807) is 24.9 Å². The van der Waals surface area contributed by atoms with E-state index < -0.39 is 24.0 Å². The zero-order valence-corrected chi connectivity index (χ0v) is 25.3. The van der Waals surface area contributed by atoms with Crippen LogP contribution < -0.4 is 10.6 Å². The lowest BCUT2D eigenvalue weighted by atomic mass is 10.0. The second kappa shape index (κ2) is 13.8. The molecule has 3 atom stereocenters. The van der Waals surface area contributed by atoms with Crippen LogP contribution in [0.1, 0.15) is 50.5 Å². The molecule has 44 heavy (non-hydrogen) atoms. The standard InChI is InChI=1S/C34H39FN6O3/c1-4-40(30(42)20-23-10-6-5-7-11-23)19-18-26-16-17-29(41(26)34(44)39-33(43)22(2)36-3)32-37-28-15-9-14-27(31(28)38-32)24-12-8-13-25(35)21-24/h5-15,21-22,26,29,36H,4,16-20H2,1-3H3,(H,37,38)(H,39,43,44). The van der Waals surface area contributed by atoms with Gasteiger partial charge in [0.05, 0.1) is 29.5 Å². The van der Waals surface area contributed by atoms with E-state index in [0.717, 1.165) is 16.6 Å². The third kappa shape index (κ3) is 6.81. The number of urea groups is 1. The van der Waals surface area contributed by atoms with Crippen LogP contribution in [0.2, 0.25) is 0 Å². The molecular weight excluding hydrogens is 559 g/mol. The number of fused-ring (bicyclic) bond motifs is 1. The maximum atomic E-state index is 14.1. The van der Waals surface area contributed by atoms with Gasteiger partial charge in [-0.05, 0) is 69.5 Å². The van der Waals surface area contributed by atoms with E-state index in [-0.39, 0.29) is 17.8 Å². The highest BCUT2D eigenvalue weighted by Gasteiger charge is 2.40. The zero-order valence-electron chi connectivity index (χ0n) is 25.3. The van der Waals surface area contributed by atoms with Crippen molar-refractivity contribution in [2.75, 3.05) is 20.1 Å². The van der Waals surface area contributed by atoms with Gasteiger partial charge in [-0.3, -0.25) is 14.9 Å². The first kappa shape index (κ1) is 30.9. The molecule has 0 radical (unpaired) electrons. The number of benzene rings is 3. The quantitative estimate of drug-likeness (QED) is 0.233. The van der Waals surface area contributed by atoms with E-state index in [0.29, 0.717) is 55.7 Å². The van der Waals surface area contributed by atoms with Crippen LogP contribution in [0.5, 0.6) is 0 Å². The highest BCUT2D eigenvalue weighted by molar-refractivity contribution is 5.97. The van der Waals surface area contributed by atoms with Gasteiger partial charge in [0.2, 0.25) is 11.8 Å². The van der Waals surface area contributed by atoms with Gasteiger partial charge in [0, 0.05) is 24.7 Å². The van der Waals surface area contributed by atoms with Gasteiger partial charge < -0.3 is 20.1 Å². The third-order valence-corrected chi connectivity index (χ3v) is 8.44. The number of H-pyrrole nitrogens is 1. The summed E-state index contributed by atoms with van der Waals surface area (Å²) in [6, 6.07) is 20.0. The van der Waals surface area contributed by atoms with Gasteiger partial charge in [-0.25, -0.2) is 14.2 Å². The van der Waals surface area contributed by atoms with Gasteiger partial charge in [-0.15, -0.1) is 0 Å². The van der Waals surface area contributed by atoms with Crippen molar-refractivity contribution >= 4 is 28.9 Å². The average molecular weight is 599 g/mol. The molecule has 3 aromatic carbocycles. The SMILES string of the molecule is CCN(CCC1CCC(c2nc3c(-c4cccc(F)c4)cccc3[nH]2)N1C(=O)NC(=O)C(C)NC)C(=O)Cc1ccccc1. The lowest BCUT2D eigenvalue weighted by molar-refractivity contribution is -0.130. The lowest BCUT2D eigenvalue weighted by Crippen LogP contribution is -2.51. The predicted molar refractivity (Wildman–Crippen MR) is 168 cm³/mol. The number of halogens is 1. The normalized spacial score (nSPS) is 17.0. The van der Waals surface area contributed by atoms with Crippen molar-refractivity contribution in [3.8, 4) is 11.1 Å². The molecule has 10 heteroatoms. The number of hydrogen-bond acceptors (Lipinski definition) is 5. The van der Waals surface area contributed by atoms with Crippen molar-refractivity contribution in [2.24, 2.45) is 0 Å².